The molecular weight excluding hydrogens is 539 g/mol. The third-order valence-electron chi connectivity index (χ3n) is 10.4. The average molecular weight is 576 g/mol. The second kappa shape index (κ2) is 9.70. The number of rotatable bonds is 6. The molecule has 4 aliphatic carbocycles. The predicted molar refractivity (Wildman–Crippen MR) is 148 cm³/mol. The van der Waals surface area contributed by atoms with Crippen LogP contribution >= 0.6 is 23.2 Å². The first-order chi connectivity index (χ1) is 18.5. The number of Topliss-reactive ketones (excluding diaryl/α,β-unsaturated/α-hetero) is 1. The van der Waals surface area contributed by atoms with Crippen LogP contribution in [0.25, 0.3) is 0 Å². The van der Waals surface area contributed by atoms with Crippen molar-refractivity contribution < 1.29 is 28.9 Å². The molecule has 1 aliphatic heterocycles. The van der Waals surface area contributed by atoms with E-state index in [1.807, 2.05) is 6.08 Å². The van der Waals surface area contributed by atoms with Gasteiger partial charge in [0.05, 0.1) is 12.2 Å². The van der Waals surface area contributed by atoms with Gasteiger partial charge in [-0.15, -0.1) is 0 Å². The monoisotopic (exact) mass is 574 g/mol. The Labute approximate surface area is 239 Å². The molecule has 39 heavy (non-hydrogen) atoms. The molecule has 6 rings (SSSR count). The minimum absolute atomic E-state index is 0.0146. The molecule has 1 N–H and O–H groups in total. The van der Waals surface area contributed by atoms with Crippen LogP contribution in [-0.4, -0.2) is 47.4 Å². The molecule has 4 fully saturated rings. The van der Waals surface area contributed by atoms with Crippen molar-refractivity contribution in [2.45, 2.75) is 83.4 Å². The van der Waals surface area contributed by atoms with Crippen molar-refractivity contribution in [2.24, 2.45) is 28.6 Å². The molecule has 1 heterocycles. The Morgan fingerprint density at radius 1 is 1.21 bits per heavy atom. The Bertz CT molecular complexity index is 1240. The number of ether oxygens (including phenoxy) is 3. The Morgan fingerprint density at radius 2 is 1.95 bits per heavy atom. The number of hydrogen-bond donors (Lipinski definition) is 1. The SMILES string of the molecule is CCCC1O[C@@H]2CC3C4CCC5=CC(=O)C=CC5(C)C4C(O)CC3(C)[C@]2(C(=O)COc2cc(Cl)cc(Cl)c2)O1. The van der Waals surface area contributed by atoms with Gasteiger partial charge in [-0.3, -0.25) is 9.59 Å². The highest BCUT2D eigenvalue weighted by Crippen LogP contribution is 2.69. The van der Waals surface area contributed by atoms with E-state index in [9.17, 15) is 14.7 Å². The number of carbonyl (C=O) groups is 2. The van der Waals surface area contributed by atoms with Gasteiger partial charge in [-0.25, -0.2) is 0 Å². The average Bonchev–Trinajstić information content (AvgIpc) is 3.34. The summed E-state index contributed by atoms with van der Waals surface area (Å²) >= 11 is 12.3. The number of aliphatic hydroxyl groups excluding tert-OH is 1. The van der Waals surface area contributed by atoms with Crippen molar-refractivity contribution in [1.82, 2.24) is 0 Å². The quantitative estimate of drug-likeness (QED) is 0.441. The number of ketones is 2. The summed E-state index contributed by atoms with van der Waals surface area (Å²) in [6.07, 6.45) is 8.18. The molecule has 0 amide bonds. The number of allylic oxidation sites excluding steroid dienone is 4. The van der Waals surface area contributed by atoms with Gasteiger partial charge in [-0.2, -0.15) is 0 Å². The highest BCUT2D eigenvalue weighted by molar-refractivity contribution is 6.34. The van der Waals surface area contributed by atoms with Crippen molar-refractivity contribution in [3.05, 3.63) is 52.0 Å². The molecule has 5 aliphatic rings. The van der Waals surface area contributed by atoms with Crippen LogP contribution in [0.15, 0.2) is 42.0 Å². The first-order valence-electron chi connectivity index (χ1n) is 14.1. The zero-order valence-corrected chi connectivity index (χ0v) is 24.1. The normalized spacial score (nSPS) is 42.3. The molecule has 1 aromatic carbocycles. The van der Waals surface area contributed by atoms with Crippen LogP contribution in [0.4, 0.5) is 0 Å². The maximum Gasteiger partial charge on any atom is 0.205 e. The molecule has 0 aromatic heterocycles. The molecule has 1 aromatic rings. The van der Waals surface area contributed by atoms with E-state index in [1.54, 1.807) is 30.4 Å². The lowest BCUT2D eigenvalue weighted by molar-refractivity contribution is -0.200. The highest BCUT2D eigenvalue weighted by Gasteiger charge is 2.75. The fraction of sp³-hybridized carbons (Fsp3) is 0.613. The fourth-order valence-electron chi connectivity index (χ4n) is 8.87. The molecule has 8 heteroatoms. The molecule has 0 spiro atoms. The maximum absolute atomic E-state index is 14.3. The first kappa shape index (κ1) is 27.5. The van der Waals surface area contributed by atoms with Crippen LogP contribution < -0.4 is 4.74 Å². The summed E-state index contributed by atoms with van der Waals surface area (Å²) in [6, 6.07) is 4.87. The predicted octanol–water partition coefficient (Wildman–Crippen LogP) is 6.11. The van der Waals surface area contributed by atoms with Gasteiger partial charge >= 0.3 is 0 Å². The Balaban J connectivity index is 1.34. The van der Waals surface area contributed by atoms with Gasteiger partial charge in [0, 0.05) is 26.8 Å². The van der Waals surface area contributed by atoms with Crippen LogP contribution in [0, 0.1) is 28.6 Å². The summed E-state index contributed by atoms with van der Waals surface area (Å²) in [6.45, 7) is 6.11. The Hall–Kier alpha value is -1.70. The second-order valence-corrected chi connectivity index (χ2v) is 13.3. The maximum atomic E-state index is 14.3. The van der Waals surface area contributed by atoms with Crippen LogP contribution in [-0.2, 0) is 19.1 Å². The van der Waals surface area contributed by atoms with Gasteiger partial charge < -0.3 is 19.3 Å². The van der Waals surface area contributed by atoms with Crippen molar-refractivity contribution >= 4 is 34.8 Å². The van der Waals surface area contributed by atoms with E-state index < -0.39 is 29.5 Å². The molecule has 1 saturated heterocycles. The van der Waals surface area contributed by atoms with E-state index >= 15 is 0 Å². The number of carbonyl (C=O) groups excluding carboxylic acids is 2. The lowest BCUT2D eigenvalue weighted by Crippen LogP contribution is -2.63. The van der Waals surface area contributed by atoms with E-state index in [0.717, 1.165) is 24.8 Å². The topological polar surface area (TPSA) is 82.1 Å². The van der Waals surface area contributed by atoms with Gasteiger partial charge in [0.15, 0.2) is 17.7 Å². The Kier molecular flexibility index (Phi) is 6.83. The number of fused-ring (bicyclic) bond motifs is 7. The minimum atomic E-state index is -1.22. The summed E-state index contributed by atoms with van der Waals surface area (Å²) in [5.74, 6) is 0.497. The van der Waals surface area contributed by atoms with Gasteiger partial charge in [0.1, 0.15) is 12.4 Å². The van der Waals surface area contributed by atoms with E-state index in [2.05, 4.69) is 20.8 Å². The third kappa shape index (κ3) is 4.08. The highest BCUT2D eigenvalue weighted by atomic mass is 35.5. The Morgan fingerprint density at radius 3 is 2.67 bits per heavy atom. The van der Waals surface area contributed by atoms with E-state index in [1.165, 1.54) is 0 Å². The van der Waals surface area contributed by atoms with Crippen molar-refractivity contribution in [3.63, 3.8) is 0 Å². The molecule has 3 saturated carbocycles. The summed E-state index contributed by atoms with van der Waals surface area (Å²) < 4.78 is 19.1. The molecule has 6 nitrogen and oxygen atoms in total. The summed E-state index contributed by atoms with van der Waals surface area (Å²) in [7, 11) is 0. The zero-order valence-electron chi connectivity index (χ0n) is 22.6. The van der Waals surface area contributed by atoms with Crippen molar-refractivity contribution in [3.8, 4) is 5.75 Å². The standard InChI is InChI=1S/C31H36Cl2O6/c1-4-5-27-38-26-14-23-22-7-6-17-10-20(34)8-9-29(17,2)28(22)24(35)15-30(23,3)31(26,39-27)25(36)16-37-21-12-18(32)11-19(33)13-21/h8-13,22-24,26-28,35H,4-7,14-16H2,1-3H3/t22?,23?,24?,26-,27?,28?,29?,30?,31-/m1/s1. The second-order valence-electron chi connectivity index (χ2n) is 12.5. The smallest absolute Gasteiger partial charge is 0.205 e. The fourth-order valence-corrected chi connectivity index (χ4v) is 9.38. The van der Waals surface area contributed by atoms with Gasteiger partial charge in [-0.1, -0.05) is 62.0 Å². The van der Waals surface area contributed by atoms with Crippen LogP contribution in [0.5, 0.6) is 5.75 Å². The first-order valence-corrected chi connectivity index (χ1v) is 14.8. The van der Waals surface area contributed by atoms with Gasteiger partial charge in [0.25, 0.3) is 0 Å². The van der Waals surface area contributed by atoms with Crippen molar-refractivity contribution in [2.75, 3.05) is 6.61 Å². The number of benzene rings is 1. The third-order valence-corrected chi connectivity index (χ3v) is 10.9. The summed E-state index contributed by atoms with van der Waals surface area (Å²) in [5, 5.41) is 12.7. The molecule has 7 unspecified atom stereocenters. The van der Waals surface area contributed by atoms with E-state index in [0.29, 0.717) is 35.1 Å². The van der Waals surface area contributed by atoms with Crippen LogP contribution in [0.2, 0.25) is 10.0 Å². The number of halogens is 2. The molecule has 9 atom stereocenters. The summed E-state index contributed by atoms with van der Waals surface area (Å²) in [5.41, 5.74) is -1.14. The van der Waals surface area contributed by atoms with E-state index in [4.69, 9.17) is 37.4 Å². The molecular formula is C31H36Cl2O6. The molecule has 210 valence electrons. The summed E-state index contributed by atoms with van der Waals surface area (Å²) in [4.78, 5) is 26.4. The molecule has 0 radical (unpaired) electrons. The van der Waals surface area contributed by atoms with Gasteiger partial charge in [0.2, 0.25) is 5.78 Å². The lowest BCUT2D eigenvalue weighted by atomic mass is 9.46. The zero-order chi connectivity index (χ0) is 27.7. The van der Waals surface area contributed by atoms with Gasteiger partial charge in [-0.05, 0) is 74.3 Å². The van der Waals surface area contributed by atoms with Crippen LogP contribution in [0.1, 0.15) is 59.3 Å². The van der Waals surface area contributed by atoms with E-state index in [-0.39, 0.29) is 41.3 Å². The lowest BCUT2D eigenvalue weighted by Gasteiger charge is -2.59. The van der Waals surface area contributed by atoms with Crippen molar-refractivity contribution in [1.29, 1.82) is 0 Å². The minimum Gasteiger partial charge on any atom is -0.486 e. The van der Waals surface area contributed by atoms with Crippen LogP contribution in [0.3, 0.4) is 0 Å². The molecule has 0 bridgehead atoms. The largest absolute Gasteiger partial charge is 0.486 e. The number of hydrogen-bond acceptors (Lipinski definition) is 6. The number of aliphatic hydroxyl groups is 1.